The van der Waals surface area contributed by atoms with Crippen molar-refractivity contribution in [1.29, 1.82) is 0 Å². The molecule has 4 nitrogen and oxygen atoms in total. The first kappa shape index (κ1) is 19.8. The first-order valence-electron chi connectivity index (χ1n) is 9.21. The van der Waals surface area contributed by atoms with Gasteiger partial charge in [-0.1, -0.05) is 48.4 Å². The van der Waals surface area contributed by atoms with Crippen LogP contribution in [0.3, 0.4) is 0 Å². The van der Waals surface area contributed by atoms with Gasteiger partial charge in [0.05, 0.1) is 24.0 Å². The minimum absolute atomic E-state index is 0.125. The zero-order valence-corrected chi connectivity index (χ0v) is 17.2. The van der Waals surface area contributed by atoms with Gasteiger partial charge in [-0.25, -0.2) is 13.1 Å². The summed E-state index contributed by atoms with van der Waals surface area (Å²) in [6.07, 6.45) is 6.25. The molecule has 1 atom stereocenters. The van der Waals surface area contributed by atoms with E-state index in [1.54, 1.807) is 12.1 Å². The Balaban J connectivity index is 1.77. The molecule has 2 N–H and O–H groups in total. The number of quaternary nitrogens is 1. The third-order valence-electron chi connectivity index (χ3n) is 4.98. The van der Waals surface area contributed by atoms with Crippen molar-refractivity contribution in [2.24, 2.45) is 0 Å². The number of nitrogens with one attached hydrogen (secondary N) is 2. The molecule has 1 aliphatic heterocycles. The van der Waals surface area contributed by atoms with Gasteiger partial charge in [0, 0.05) is 5.56 Å². The maximum absolute atomic E-state index is 12.6. The van der Waals surface area contributed by atoms with Crippen molar-refractivity contribution in [2.75, 3.05) is 19.6 Å². The number of thiophene rings is 1. The molecule has 1 saturated heterocycles. The monoisotopic (exact) mass is 413 g/mol. The fourth-order valence-electron chi connectivity index (χ4n) is 3.60. The Bertz CT molecular complexity index is 785. The topological polar surface area (TPSA) is 50.6 Å². The number of rotatable bonds is 6. The third-order valence-corrected chi connectivity index (χ3v) is 8.13. The Morgan fingerprint density at radius 3 is 2.27 bits per heavy atom. The summed E-state index contributed by atoms with van der Waals surface area (Å²) >= 11 is 6.99. The molecule has 142 valence electrons. The van der Waals surface area contributed by atoms with Crippen LogP contribution in [0.4, 0.5) is 0 Å². The second kappa shape index (κ2) is 9.33. The highest BCUT2D eigenvalue weighted by Gasteiger charge is 2.27. The number of hydrogen-bond donors (Lipinski definition) is 2. The SMILES string of the molecule is O=S(=O)(NC[C@@H](c1ccccc1)[NH+]1CCCCCCC1)c1ccc(Cl)s1. The van der Waals surface area contributed by atoms with E-state index < -0.39 is 10.0 Å². The van der Waals surface area contributed by atoms with Gasteiger partial charge in [0.25, 0.3) is 0 Å². The first-order chi connectivity index (χ1) is 12.6. The van der Waals surface area contributed by atoms with Gasteiger partial charge in [0.2, 0.25) is 10.0 Å². The summed E-state index contributed by atoms with van der Waals surface area (Å²) in [6.45, 7) is 2.58. The highest BCUT2D eigenvalue weighted by molar-refractivity contribution is 7.91. The fraction of sp³-hybridized carbons (Fsp3) is 0.474. The van der Waals surface area contributed by atoms with Crippen molar-refractivity contribution in [3.05, 3.63) is 52.4 Å². The van der Waals surface area contributed by atoms with Gasteiger partial charge < -0.3 is 4.90 Å². The van der Waals surface area contributed by atoms with E-state index in [4.69, 9.17) is 11.6 Å². The molecule has 0 saturated carbocycles. The van der Waals surface area contributed by atoms with Crippen LogP contribution in [0.2, 0.25) is 4.34 Å². The molecule has 2 aromatic rings. The molecule has 0 spiro atoms. The number of likely N-dealkylation sites (tertiary alicyclic amines) is 1. The van der Waals surface area contributed by atoms with Gasteiger partial charge >= 0.3 is 0 Å². The predicted octanol–water partition coefficient (Wildman–Crippen LogP) is 3.27. The molecule has 3 rings (SSSR count). The van der Waals surface area contributed by atoms with Crippen LogP contribution in [0.1, 0.15) is 43.7 Å². The third kappa shape index (κ3) is 5.30. The van der Waals surface area contributed by atoms with Crippen LogP contribution in [-0.2, 0) is 10.0 Å². The Morgan fingerprint density at radius 2 is 1.65 bits per heavy atom. The van der Waals surface area contributed by atoms with Crippen LogP contribution in [-0.4, -0.2) is 28.1 Å². The molecule has 0 unspecified atom stereocenters. The van der Waals surface area contributed by atoms with Crippen molar-refractivity contribution in [2.45, 2.75) is 42.4 Å². The van der Waals surface area contributed by atoms with Crippen molar-refractivity contribution in [3.63, 3.8) is 0 Å². The number of benzene rings is 1. The van der Waals surface area contributed by atoms with Gasteiger partial charge in [-0.15, -0.1) is 11.3 Å². The van der Waals surface area contributed by atoms with E-state index in [0.29, 0.717) is 10.9 Å². The summed E-state index contributed by atoms with van der Waals surface area (Å²) in [7, 11) is -3.53. The average molecular weight is 414 g/mol. The van der Waals surface area contributed by atoms with E-state index in [0.717, 1.165) is 24.4 Å². The minimum Gasteiger partial charge on any atom is -0.328 e. The Kier molecular flexibility index (Phi) is 7.12. The molecular weight excluding hydrogens is 388 g/mol. The lowest BCUT2D eigenvalue weighted by atomic mass is 10.0. The van der Waals surface area contributed by atoms with E-state index in [9.17, 15) is 8.42 Å². The van der Waals surface area contributed by atoms with E-state index in [1.165, 1.54) is 42.6 Å². The second-order valence-electron chi connectivity index (χ2n) is 6.80. The van der Waals surface area contributed by atoms with Crippen molar-refractivity contribution in [3.8, 4) is 0 Å². The minimum atomic E-state index is -3.53. The number of sulfonamides is 1. The van der Waals surface area contributed by atoms with Gasteiger partial charge in [-0.3, -0.25) is 0 Å². The van der Waals surface area contributed by atoms with E-state index in [2.05, 4.69) is 16.9 Å². The summed E-state index contributed by atoms with van der Waals surface area (Å²) < 4.78 is 28.8. The van der Waals surface area contributed by atoms with Crippen LogP contribution in [0.15, 0.2) is 46.7 Å². The van der Waals surface area contributed by atoms with Crippen LogP contribution >= 0.6 is 22.9 Å². The van der Waals surface area contributed by atoms with Gasteiger partial charge in [0.15, 0.2) is 0 Å². The smallest absolute Gasteiger partial charge is 0.250 e. The van der Waals surface area contributed by atoms with Crippen molar-refractivity contribution < 1.29 is 13.3 Å². The molecule has 1 aromatic carbocycles. The van der Waals surface area contributed by atoms with Gasteiger partial charge in [-0.2, -0.15) is 0 Å². The van der Waals surface area contributed by atoms with E-state index >= 15 is 0 Å². The van der Waals surface area contributed by atoms with Crippen LogP contribution in [0, 0.1) is 0 Å². The van der Waals surface area contributed by atoms with Crippen LogP contribution < -0.4 is 9.62 Å². The lowest BCUT2D eigenvalue weighted by molar-refractivity contribution is -0.931. The molecule has 1 aromatic heterocycles. The Morgan fingerprint density at radius 1 is 1.00 bits per heavy atom. The predicted molar refractivity (Wildman–Crippen MR) is 107 cm³/mol. The summed E-state index contributed by atoms with van der Waals surface area (Å²) in [5, 5.41) is 0. The molecule has 1 fully saturated rings. The van der Waals surface area contributed by atoms with Crippen molar-refractivity contribution in [1.82, 2.24) is 4.72 Å². The molecule has 0 bridgehead atoms. The molecule has 7 heteroatoms. The second-order valence-corrected chi connectivity index (χ2v) is 10.5. The fourth-order valence-corrected chi connectivity index (χ4v) is 6.17. The molecular formula is C19H26ClN2O2S2+. The zero-order valence-electron chi connectivity index (χ0n) is 14.8. The summed E-state index contributed by atoms with van der Waals surface area (Å²) in [5.74, 6) is 0. The van der Waals surface area contributed by atoms with Crippen molar-refractivity contribution >= 4 is 33.0 Å². The van der Waals surface area contributed by atoms with Crippen LogP contribution in [0.5, 0.6) is 0 Å². The molecule has 0 radical (unpaired) electrons. The lowest BCUT2D eigenvalue weighted by Gasteiger charge is -2.30. The van der Waals surface area contributed by atoms with Crippen LogP contribution in [0.25, 0.3) is 0 Å². The lowest BCUT2D eigenvalue weighted by Crippen LogP contribution is -3.13. The summed E-state index contributed by atoms with van der Waals surface area (Å²) in [4.78, 5) is 1.47. The Hall–Kier alpha value is -0.920. The molecule has 0 aliphatic carbocycles. The Labute approximate surface area is 165 Å². The number of hydrogen-bond acceptors (Lipinski definition) is 3. The highest BCUT2D eigenvalue weighted by Crippen LogP contribution is 2.25. The first-order valence-corrected chi connectivity index (χ1v) is 11.9. The number of halogens is 1. The quantitative estimate of drug-likeness (QED) is 0.763. The van der Waals surface area contributed by atoms with E-state index in [-0.39, 0.29) is 10.3 Å². The molecule has 26 heavy (non-hydrogen) atoms. The maximum Gasteiger partial charge on any atom is 0.250 e. The van der Waals surface area contributed by atoms with Gasteiger partial charge in [-0.05, 0) is 37.8 Å². The summed E-state index contributed by atoms with van der Waals surface area (Å²) in [6, 6.07) is 13.6. The largest absolute Gasteiger partial charge is 0.328 e. The normalized spacial score (nSPS) is 18.2. The molecule has 2 heterocycles. The average Bonchev–Trinajstić information content (AvgIpc) is 3.05. The molecule has 1 aliphatic rings. The van der Waals surface area contributed by atoms with E-state index in [1.807, 2.05) is 18.2 Å². The molecule has 0 amide bonds. The summed E-state index contributed by atoms with van der Waals surface area (Å²) in [5.41, 5.74) is 1.19. The highest BCUT2D eigenvalue weighted by atomic mass is 35.5. The standard InChI is InChI=1S/C19H25ClN2O2S2/c20-18-11-12-19(25-18)26(23,24)21-15-17(16-9-5-4-6-10-16)22-13-7-2-1-3-8-14-22/h4-6,9-12,17,21H,1-3,7-8,13-15H2/p+1/t17-/m0/s1. The maximum atomic E-state index is 12.6. The zero-order chi connectivity index (χ0) is 18.4. The van der Waals surface area contributed by atoms with Gasteiger partial charge in [0.1, 0.15) is 10.3 Å².